The molecule has 6 nitrogen and oxygen atoms in total. The number of H-pyrrole nitrogens is 1. The number of hydrogen-bond acceptors (Lipinski definition) is 4. The standard InChI is InChI=1S/C13H12N4O2/c18-6-5-9-1-3-10(4-2-9)17-8-16-11-12(17)14-7-15-13(11)19/h1-4,7-8,18H,5-6H2,(H,14,15,19). The number of aromatic nitrogens is 4. The lowest BCUT2D eigenvalue weighted by Crippen LogP contribution is -2.07. The molecular weight excluding hydrogens is 244 g/mol. The molecule has 0 aliphatic rings. The largest absolute Gasteiger partial charge is 0.396 e. The second kappa shape index (κ2) is 4.66. The molecule has 1 aromatic carbocycles. The third kappa shape index (κ3) is 2.02. The van der Waals surface area contributed by atoms with Gasteiger partial charge in [-0.25, -0.2) is 9.97 Å². The Bertz CT molecular complexity index is 758. The van der Waals surface area contributed by atoms with E-state index >= 15 is 0 Å². The van der Waals surface area contributed by atoms with Gasteiger partial charge in [-0.05, 0) is 24.1 Å². The minimum Gasteiger partial charge on any atom is -0.396 e. The van der Waals surface area contributed by atoms with Crippen LogP contribution in [0, 0.1) is 0 Å². The van der Waals surface area contributed by atoms with E-state index in [9.17, 15) is 4.79 Å². The van der Waals surface area contributed by atoms with Crippen LogP contribution >= 0.6 is 0 Å². The Labute approximate surface area is 108 Å². The Morgan fingerprint density at radius 3 is 2.74 bits per heavy atom. The maximum absolute atomic E-state index is 11.6. The van der Waals surface area contributed by atoms with Crippen LogP contribution in [0.15, 0.2) is 41.7 Å². The lowest BCUT2D eigenvalue weighted by molar-refractivity contribution is 0.299. The van der Waals surface area contributed by atoms with E-state index in [1.165, 1.54) is 6.33 Å². The topological polar surface area (TPSA) is 83.8 Å². The van der Waals surface area contributed by atoms with Gasteiger partial charge in [-0.15, -0.1) is 0 Å². The first-order valence-corrected chi connectivity index (χ1v) is 5.90. The second-order valence-corrected chi connectivity index (χ2v) is 4.16. The molecule has 0 unspecified atom stereocenters. The van der Waals surface area contributed by atoms with Gasteiger partial charge in [0, 0.05) is 12.3 Å². The molecular formula is C13H12N4O2. The van der Waals surface area contributed by atoms with Crippen LogP contribution < -0.4 is 5.56 Å². The first kappa shape index (κ1) is 11.6. The number of aliphatic hydroxyl groups excluding tert-OH is 1. The van der Waals surface area contributed by atoms with Gasteiger partial charge in [-0.1, -0.05) is 12.1 Å². The normalized spacial score (nSPS) is 11.0. The number of aromatic amines is 1. The third-order valence-electron chi connectivity index (χ3n) is 2.95. The predicted octanol–water partition coefficient (Wildman–Crippen LogP) is 0.644. The van der Waals surface area contributed by atoms with Crippen molar-refractivity contribution in [1.82, 2.24) is 19.5 Å². The van der Waals surface area contributed by atoms with Crippen molar-refractivity contribution in [2.75, 3.05) is 6.61 Å². The van der Waals surface area contributed by atoms with Crippen molar-refractivity contribution in [2.45, 2.75) is 6.42 Å². The van der Waals surface area contributed by atoms with Gasteiger partial charge in [0.15, 0.2) is 11.2 Å². The lowest BCUT2D eigenvalue weighted by atomic mass is 10.1. The van der Waals surface area contributed by atoms with E-state index in [0.717, 1.165) is 11.3 Å². The predicted molar refractivity (Wildman–Crippen MR) is 70.3 cm³/mol. The molecule has 0 amide bonds. The van der Waals surface area contributed by atoms with E-state index < -0.39 is 0 Å². The van der Waals surface area contributed by atoms with Gasteiger partial charge in [0.2, 0.25) is 0 Å². The van der Waals surface area contributed by atoms with Crippen LogP contribution in [0.2, 0.25) is 0 Å². The molecule has 0 saturated heterocycles. The van der Waals surface area contributed by atoms with E-state index in [1.807, 2.05) is 24.3 Å². The van der Waals surface area contributed by atoms with Crippen molar-refractivity contribution in [2.24, 2.45) is 0 Å². The van der Waals surface area contributed by atoms with Gasteiger partial charge in [0.1, 0.15) is 6.33 Å². The van der Waals surface area contributed by atoms with Crippen LogP contribution in [0.1, 0.15) is 5.56 Å². The SMILES string of the molecule is O=c1[nH]cnc2c1ncn2-c1ccc(CCO)cc1. The summed E-state index contributed by atoms with van der Waals surface area (Å²) >= 11 is 0. The van der Waals surface area contributed by atoms with Crippen LogP contribution in [0.3, 0.4) is 0 Å². The smallest absolute Gasteiger partial charge is 0.278 e. The number of aliphatic hydroxyl groups is 1. The fourth-order valence-electron chi connectivity index (χ4n) is 1.99. The minimum atomic E-state index is -0.249. The monoisotopic (exact) mass is 256 g/mol. The average Bonchev–Trinajstić information content (AvgIpc) is 2.85. The molecule has 0 atom stereocenters. The van der Waals surface area contributed by atoms with Gasteiger partial charge >= 0.3 is 0 Å². The van der Waals surface area contributed by atoms with Gasteiger partial charge in [0.25, 0.3) is 5.56 Å². The number of nitrogens with zero attached hydrogens (tertiary/aromatic N) is 3. The van der Waals surface area contributed by atoms with Crippen LogP contribution in [-0.4, -0.2) is 31.2 Å². The number of hydrogen-bond donors (Lipinski definition) is 2. The molecule has 3 aromatic rings. The molecule has 6 heteroatoms. The van der Waals surface area contributed by atoms with Crippen LogP contribution in [-0.2, 0) is 6.42 Å². The maximum atomic E-state index is 11.6. The Balaban J connectivity index is 2.09. The molecule has 19 heavy (non-hydrogen) atoms. The summed E-state index contributed by atoms with van der Waals surface area (Å²) in [5.74, 6) is 0. The quantitative estimate of drug-likeness (QED) is 0.720. The molecule has 0 aliphatic carbocycles. The average molecular weight is 256 g/mol. The van der Waals surface area contributed by atoms with E-state index in [-0.39, 0.29) is 12.2 Å². The molecule has 0 spiro atoms. The molecule has 3 rings (SSSR count). The lowest BCUT2D eigenvalue weighted by Gasteiger charge is -2.04. The van der Waals surface area contributed by atoms with Crippen LogP contribution in [0.25, 0.3) is 16.9 Å². The van der Waals surface area contributed by atoms with Crippen molar-refractivity contribution in [3.63, 3.8) is 0 Å². The molecule has 0 radical (unpaired) electrons. The summed E-state index contributed by atoms with van der Waals surface area (Å²) in [4.78, 5) is 22.3. The van der Waals surface area contributed by atoms with Gasteiger partial charge in [-0.2, -0.15) is 0 Å². The first-order valence-electron chi connectivity index (χ1n) is 5.90. The molecule has 0 bridgehead atoms. The summed E-state index contributed by atoms with van der Waals surface area (Å²) in [5.41, 5.74) is 2.53. The number of nitrogens with one attached hydrogen (secondary N) is 1. The van der Waals surface area contributed by atoms with Crippen molar-refractivity contribution in [3.8, 4) is 5.69 Å². The van der Waals surface area contributed by atoms with Crippen LogP contribution in [0.4, 0.5) is 0 Å². The third-order valence-corrected chi connectivity index (χ3v) is 2.95. The Morgan fingerprint density at radius 2 is 2.00 bits per heavy atom. The van der Waals surface area contributed by atoms with Crippen molar-refractivity contribution >= 4 is 11.2 Å². The summed E-state index contributed by atoms with van der Waals surface area (Å²) in [6, 6.07) is 7.69. The van der Waals surface area contributed by atoms with Crippen LogP contribution in [0.5, 0.6) is 0 Å². The highest BCUT2D eigenvalue weighted by Crippen LogP contribution is 2.14. The zero-order chi connectivity index (χ0) is 13.2. The first-order chi connectivity index (χ1) is 9.29. The summed E-state index contributed by atoms with van der Waals surface area (Å²) in [5, 5.41) is 8.88. The zero-order valence-corrected chi connectivity index (χ0v) is 10.1. The fraction of sp³-hybridized carbons (Fsp3) is 0.154. The van der Waals surface area contributed by atoms with Crippen molar-refractivity contribution in [1.29, 1.82) is 0 Å². The molecule has 2 heterocycles. The van der Waals surface area contributed by atoms with Crippen molar-refractivity contribution < 1.29 is 5.11 Å². The van der Waals surface area contributed by atoms with Gasteiger partial charge in [-0.3, -0.25) is 9.36 Å². The number of fused-ring (bicyclic) bond motifs is 1. The summed E-state index contributed by atoms with van der Waals surface area (Å²) in [7, 11) is 0. The number of benzene rings is 1. The Hall–Kier alpha value is -2.47. The minimum absolute atomic E-state index is 0.129. The van der Waals surface area contributed by atoms with Gasteiger partial charge < -0.3 is 10.1 Å². The van der Waals surface area contributed by atoms with E-state index in [2.05, 4.69) is 15.0 Å². The number of imidazole rings is 1. The highest BCUT2D eigenvalue weighted by Gasteiger charge is 2.08. The van der Waals surface area contributed by atoms with E-state index in [4.69, 9.17) is 5.11 Å². The molecule has 2 aromatic heterocycles. The number of rotatable bonds is 3. The molecule has 0 saturated carbocycles. The molecule has 2 N–H and O–H groups in total. The summed E-state index contributed by atoms with van der Waals surface area (Å²) < 4.78 is 1.76. The second-order valence-electron chi connectivity index (χ2n) is 4.16. The van der Waals surface area contributed by atoms with Gasteiger partial charge in [0.05, 0.1) is 6.33 Å². The Kier molecular flexibility index (Phi) is 2.85. The summed E-state index contributed by atoms with van der Waals surface area (Å²) in [6.45, 7) is 0.129. The van der Waals surface area contributed by atoms with Crippen molar-refractivity contribution in [3.05, 3.63) is 52.8 Å². The molecule has 0 fully saturated rings. The molecule has 0 aliphatic heterocycles. The van der Waals surface area contributed by atoms with E-state index in [1.54, 1.807) is 10.9 Å². The highest BCUT2D eigenvalue weighted by molar-refractivity contribution is 5.71. The molecule has 96 valence electrons. The summed E-state index contributed by atoms with van der Waals surface area (Å²) in [6.07, 6.45) is 3.57. The highest BCUT2D eigenvalue weighted by atomic mass is 16.2. The van der Waals surface area contributed by atoms with E-state index in [0.29, 0.717) is 17.6 Å². The Morgan fingerprint density at radius 1 is 1.21 bits per heavy atom. The maximum Gasteiger partial charge on any atom is 0.278 e. The zero-order valence-electron chi connectivity index (χ0n) is 10.1. The fourth-order valence-corrected chi connectivity index (χ4v) is 1.99.